The van der Waals surface area contributed by atoms with E-state index in [1.165, 1.54) is 22.7 Å². The standard InChI is InChI=1S/C26H26N4O7S2/c1-3-29-15-9-17-19(36-7-5-34-17)11-21(15)38-25(29)27-23(31)13-33-14-24(32)28-26-30(4-2)16-10-18-20(12-22(16)39-26)37-8-6-35-18/h9-12H,3-8,13-14H2,1-2H3. The molecule has 0 spiro atoms. The molecule has 0 saturated carbocycles. The van der Waals surface area contributed by atoms with Crippen LogP contribution in [0.3, 0.4) is 0 Å². The molecule has 204 valence electrons. The van der Waals surface area contributed by atoms with Crippen LogP contribution in [-0.2, 0) is 27.4 Å². The van der Waals surface area contributed by atoms with Crippen LogP contribution in [0.5, 0.6) is 23.0 Å². The zero-order chi connectivity index (χ0) is 26.9. The number of hydrogen-bond donors (Lipinski definition) is 0. The molecule has 13 heteroatoms. The van der Waals surface area contributed by atoms with Crippen LogP contribution < -0.4 is 28.6 Å². The highest BCUT2D eigenvalue weighted by molar-refractivity contribution is 7.16. The largest absolute Gasteiger partial charge is 0.486 e. The van der Waals surface area contributed by atoms with E-state index in [9.17, 15) is 9.59 Å². The summed E-state index contributed by atoms with van der Waals surface area (Å²) in [6, 6.07) is 7.64. The van der Waals surface area contributed by atoms with Crippen molar-refractivity contribution < 1.29 is 33.3 Å². The first-order valence-electron chi connectivity index (χ1n) is 12.6. The van der Waals surface area contributed by atoms with Crippen LogP contribution >= 0.6 is 22.7 Å². The van der Waals surface area contributed by atoms with Gasteiger partial charge in [-0.1, -0.05) is 22.7 Å². The average Bonchev–Trinajstić information content (AvgIpc) is 3.45. The number of carbonyl (C=O) groups excluding carboxylic acids is 2. The summed E-state index contributed by atoms with van der Waals surface area (Å²) in [7, 11) is 0. The van der Waals surface area contributed by atoms with Crippen LogP contribution in [0.2, 0.25) is 0 Å². The minimum absolute atomic E-state index is 0.330. The van der Waals surface area contributed by atoms with E-state index in [0.29, 0.717) is 72.1 Å². The number of rotatable bonds is 6. The lowest BCUT2D eigenvalue weighted by Crippen LogP contribution is -2.21. The number of fused-ring (bicyclic) bond motifs is 4. The van der Waals surface area contributed by atoms with Gasteiger partial charge in [-0.25, -0.2) is 0 Å². The van der Waals surface area contributed by atoms with E-state index in [4.69, 9.17) is 23.7 Å². The van der Waals surface area contributed by atoms with Gasteiger partial charge in [0.25, 0.3) is 11.8 Å². The molecule has 0 bridgehead atoms. The Balaban J connectivity index is 1.16. The van der Waals surface area contributed by atoms with Crippen molar-refractivity contribution in [3.8, 4) is 23.0 Å². The second-order valence-electron chi connectivity index (χ2n) is 8.69. The molecule has 0 atom stereocenters. The average molecular weight is 571 g/mol. The highest BCUT2D eigenvalue weighted by Gasteiger charge is 2.18. The highest BCUT2D eigenvalue weighted by atomic mass is 32.1. The van der Waals surface area contributed by atoms with Crippen molar-refractivity contribution in [3.05, 3.63) is 33.9 Å². The summed E-state index contributed by atoms with van der Waals surface area (Å²) in [5.74, 6) is 1.77. The third kappa shape index (κ3) is 5.04. The molecule has 0 aliphatic carbocycles. The van der Waals surface area contributed by atoms with Crippen LogP contribution in [0.1, 0.15) is 13.8 Å². The molecule has 0 unspecified atom stereocenters. The predicted molar refractivity (Wildman–Crippen MR) is 145 cm³/mol. The number of aromatic nitrogens is 2. The fraction of sp³-hybridized carbons (Fsp3) is 0.385. The first-order valence-corrected chi connectivity index (χ1v) is 14.3. The molecule has 0 radical (unpaired) electrons. The second kappa shape index (κ2) is 10.8. The van der Waals surface area contributed by atoms with Gasteiger partial charge in [0.1, 0.15) is 39.6 Å². The molecular formula is C26H26N4O7S2. The van der Waals surface area contributed by atoms with Crippen LogP contribution in [0, 0.1) is 0 Å². The molecule has 2 aromatic heterocycles. The maximum atomic E-state index is 12.6. The number of benzene rings is 2. The Kier molecular flexibility index (Phi) is 7.11. The SMILES string of the molecule is CCn1c(=NC(=O)COCC(=O)N=c2sc3cc4c(cc3n2CC)OCCO4)sc2cc3c(cc21)OCCO3. The van der Waals surface area contributed by atoms with Crippen molar-refractivity contribution in [1.82, 2.24) is 9.13 Å². The Morgan fingerprint density at radius 2 is 1.10 bits per heavy atom. The molecule has 11 nitrogen and oxygen atoms in total. The molecule has 2 aliphatic rings. The lowest BCUT2D eigenvalue weighted by atomic mass is 10.2. The van der Waals surface area contributed by atoms with Crippen LogP contribution in [0.25, 0.3) is 20.4 Å². The number of ether oxygens (including phenoxy) is 5. The summed E-state index contributed by atoms with van der Waals surface area (Å²) in [5.41, 5.74) is 1.83. The summed E-state index contributed by atoms with van der Waals surface area (Å²) < 4.78 is 33.9. The van der Waals surface area contributed by atoms with Crippen molar-refractivity contribution in [2.24, 2.45) is 9.98 Å². The predicted octanol–water partition coefficient (Wildman–Crippen LogP) is 2.87. The van der Waals surface area contributed by atoms with Gasteiger partial charge < -0.3 is 32.8 Å². The number of carbonyl (C=O) groups is 2. The van der Waals surface area contributed by atoms with Crippen LogP contribution in [0.4, 0.5) is 0 Å². The van der Waals surface area contributed by atoms with Gasteiger partial charge in [0.05, 0.1) is 20.4 Å². The van der Waals surface area contributed by atoms with Gasteiger partial charge in [-0.15, -0.1) is 0 Å². The topological polar surface area (TPSA) is 115 Å². The van der Waals surface area contributed by atoms with Gasteiger partial charge in [-0.2, -0.15) is 9.98 Å². The van der Waals surface area contributed by atoms with Gasteiger partial charge in [0.2, 0.25) is 0 Å². The molecule has 2 amide bonds. The third-order valence-electron chi connectivity index (χ3n) is 6.22. The minimum Gasteiger partial charge on any atom is -0.486 e. The number of hydrogen-bond acceptors (Lipinski definition) is 9. The van der Waals surface area contributed by atoms with E-state index in [2.05, 4.69) is 9.98 Å². The summed E-state index contributed by atoms with van der Waals surface area (Å²) in [4.78, 5) is 34.7. The van der Waals surface area contributed by atoms with E-state index >= 15 is 0 Å². The van der Waals surface area contributed by atoms with E-state index in [-0.39, 0.29) is 13.2 Å². The van der Waals surface area contributed by atoms with Crippen molar-refractivity contribution >= 4 is 54.9 Å². The summed E-state index contributed by atoms with van der Waals surface area (Å²) in [5, 5.41) is 0. The van der Waals surface area contributed by atoms with Gasteiger partial charge in [0, 0.05) is 37.4 Å². The fourth-order valence-corrected chi connectivity index (χ4v) is 6.74. The fourth-order valence-electron chi connectivity index (χ4n) is 4.50. The zero-order valence-electron chi connectivity index (χ0n) is 21.4. The Morgan fingerprint density at radius 3 is 1.49 bits per heavy atom. The Hall–Kier alpha value is -3.68. The van der Waals surface area contributed by atoms with Crippen molar-refractivity contribution in [2.75, 3.05) is 39.6 Å². The first kappa shape index (κ1) is 25.6. The Morgan fingerprint density at radius 1 is 0.718 bits per heavy atom. The van der Waals surface area contributed by atoms with Gasteiger partial charge in [-0.3, -0.25) is 9.59 Å². The van der Waals surface area contributed by atoms with E-state index in [1.54, 1.807) is 0 Å². The summed E-state index contributed by atoms with van der Waals surface area (Å²) >= 11 is 2.77. The van der Waals surface area contributed by atoms with Gasteiger partial charge >= 0.3 is 0 Å². The summed E-state index contributed by atoms with van der Waals surface area (Å²) in [6.07, 6.45) is 0. The van der Waals surface area contributed by atoms with E-state index < -0.39 is 11.8 Å². The number of nitrogens with zero attached hydrogens (tertiary/aromatic N) is 4. The van der Waals surface area contributed by atoms with Crippen LogP contribution in [0.15, 0.2) is 34.3 Å². The third-order valence-corrected chi connectivity index (χ3v) is 8.30. The van der Waals surface area contributed by atoms with Crippen molar-refractivity contribution in [2.45, 2.75) is 26.9 Å². The molecule has 39 heavy (non-hydrogen) atoms. The molecule has 6 rings (SSSR count). The monoisotopic (exact) mass is 570 g/mol. The van der Waals surface area contributed by atoms with E-state index in [0.717, 1.165) is 20.4 Å². The van der Waals surface area contributed by atoms with E-state index in [1.807, 2.05) is 47.2 Å². The highest BCUT2D eigenvalue weighted by Crippen LogP contribution is 2.36. The summed E-state index contributed by atoms with van der Waals surface area (Å²) in [6.45, 7) is 6.55. The van der Waals surface area contributed by atoms with Gasteiger partial charge in [-0.05, 0) is 13.8 Å². The number of amides is 2. The minimum atomic E-state index is -0.482. The Bertz CT molecular complexity index is 1600. The zero-order valence-corrected chi connectivity index (χ0v) is 23.1. The maximum absolute atomic E-state index is 12.6. The smallest absolute Gasteiger partial charge is 0.274 e. The second-order valence-corrected chi connectivity index (χ2v) is 10.7. The molecule has 0 saturated heterocycles. The van der Waals surface area contributed by atoms with Crippen molar-refractivity contribution in [1.29, 1.82) is 0 Å². The molecule has 4 heterocycles. The maximum Gasteiger partial charge on any atom is 0.274 e. The molecule has 2 aliphatic heterocycles. The molecule has 4 aromatic rings. The lowest BCUT2D eigenvalue weighted by Gasteiger charge is -2.18. The number of aryl methyl sites for hydroxylation is 2. The normalized spacial score (nSPS) is 15.3. The lowest BCUT2D eigenvalue weighted by molar-refractivity contribution is -0.127. The van der Waals surface area contributed by atoms with Crippen molar-refractivity contribution in [3.63, 3.8) is 0 Å². The number of thiazole rings is 2. The molecule has 2 aromatic carbocycles. The Labute approximate surface area is 230 Å². The molecule has 0 N–H and O–H groups in total. The first-order chi connectivity index (χ1) is 19.0. The molecule has 0 fully saturated rings. The molecular weight excluding hydrogens is 544 g/mol. The van der Waals surface area contributed by atoms with Gasteiger partial charge in [0.15, 0.2) is 32.6 Å². The van der Waals surface area contributed by atoms with Crippen LogP contribution in [-0.4, -0.2) is 60.6 Å². The quantitative estimate of drug-likeness (QED) is 0.350.